The van der Waals surface area contributed by atoms with E-state index >= 15 is 0 Å². The van der Waals surface area contributed by atoms with Crippen LogP contribution in [0.5, 0.6) is 0 Å². The molecule has 0 radical (unpaired) electrons. The molecular formula is C20H23N3O2. The molecule has 25 heavy (non-hydrogen) atoms. The number of likely N-dealkylation sites (tertiary alicyclic amines) is 1. The molecule has 2 aromatic rings. The fraction of sp³-hybridized carbons (Fsp3) is 0.300. The average Bonchev–Trinajstić information content (AvgIpc) is 2.67. The van der Waals surface area contributed by atoms with E-state index in [1.54, 1.807) is 18.2 Å². The number of benzene rings is 2. The predicted molar refractivity (Wildman–Crippen MR) is 98.2 cm³/mol. The summed E-state index contributed by atoms with van der Waals surface area (Å²) in [7, 11) is 0. The van der Waals surface area contributed by atoms with Gasteiger partial charge in [0.05, 0.1) is 0 Å². The second-order valence-corrected chi connectivity index (χ2v) is 6.32. The highest BCUT2D eigenvalue weighted by Gasteiger charge is 2.27. The van der Waals surface area contributed by atoms with E-state index in [4.69, 9.17) is 5.73 Å². The van der Waals surface area contributed by atoms with Gasteiger partial charge < -0.3 is 16.0 Å². The first-order chi connectivity index (χ1) is 12.1. The van der Waals surface area contributed by atoms with Crippen molar-refractivity contribution < 1.29 is 9.59 Å². The standard InChI is InChI=1S/C20H23N3O2/c21-19(24)16-10-7-11-17(14-16)22-18(15-8-3-1-4-9-15)20(25)23-12-5-2-6-13-23/h1,3-4,7-11,14,18,22H,2,5-6,12-13H2,(H2,21,24). The van der Waals surface area contributed by atoms with Crippen molar-refractivity contribution in [2.45, 2.75) is 25.3 Å². The maximum absolute atomic E-state index is 13.1. The molecule has 1 saturated heterocycles. The van der Waals surface area contributed by atoms with E-state index in [1.165, 1.54) is 6.42 Å². The zero-order valence-corrected chi connectivity index (χ0v) is 14.2. The molecule has 0 aliphatic carbocycles. The molecule has 130 valence electrons. The van der Waals surface area contributed by atoms with Gasteiger partial charge in [0.25, 0.3) is 0 Å². The Morgan fingerprint density at radius 3 is 2.36 bits per heavy atom. The number of piperidine rings is 1. The van der Waals surface area contributed by atoms with Crippen LogP contribution in [0.15, 0.2) is 54.6 Å². The van der Waals surface area contributed by atoms with Crippen molar-refractivity contribution in [2.75, 3.05) is 18.4 Å². The number of hydrogen-bond donors (Lipinski definition) is 2. The molecule has 2 aromatic carbocycles. The predicted octanol–water partition coefficient (Wildman–Crippen LogP) is 2.95. The molecule has 0 saturated carbocycles. The van der Waals surface area contributed by atoms with Crippen molar-refractivity contribution in [1.82, 2.24) is 4.90 Å². The number of hydrogen-bond acceptors (Lipinski definition) is 3. The van der Waals surface area contributed by atoms with E-state index in [2.05, 4.69) is 5.32 Å². The number of rotatable bonds is 5. The number of carbonyl (C=O) groups is 2. The Labute approximate surface area is 147 Å². The monoisotopic (exact) mass is 337 g/mol. The average molecular weight is 337 g/mol. The second kappa shape index (κ2) is 7.83. The van der Waals surface area contributed by atoms with Gasteiger partial charge in [-0.15, -0.1) is 0 Å². The van der Waals surface area contributed by atoms with E-state index in [0.717, 1.165) is 31.5 Å². The van der Waals surface area contributed by atoms with E-state index in [1.807, 2.05) is 41.3 Å². The minimum atomic E-state index is -0.484. The summed E-state index contributed by atoms with van der Waals surface area (Å²) >= 11 is 0. The minimum Gasteiger partial charge on any atom is -0.370 e. The smallest absolute Gasteiger partial charge is 0.249 e. The van der Waals surface area contributed by atoms with Crippen molar-refractivity contribution in [3.8, 4) is 0 Å². The van der Waals surface area contributed by atoms with Crippen molar-refractivity contribution in [3.63, 3.8) is 0 Å². The number of carbonyl (C=O) groups excluding carboxylic acids is 2. The number of nitrogens with two attached hydrogens (primary N) is 1. The van der Waals surface area contributed by atoms with Crippen LogP contribution < -0.4 is 11.1 Å². The molecule has 0 aromatic heterocycles. The Kier molecular flexibility index (Phi) is 5.33. The molecular weight excluding hydrogens is 314 g/mol. The van der Waals surface area contributed by atoms with E-state index in [0.29, 0.717) is 11.3 Å². The van der Waals surface area contributed by atoms with Gasteiger partial charge in [0.15, 0.2) is 0 Å². The molecule has 1 heterocycles. The Hall–Kier alpha value is -2.82. The van der Waals surface area contributed by atoms with Crippen LogP contribution >= 0.6 is 0 Å². The lowest BCUT2D eigenvalue weighted by molar-refractivity contribution is -0.133. The fourth-order valence-electron chi connectivity index (χ4n) is 3.16. The zero-order chi connectivity index (χ0) is 17.6. The SMILES string of the molecule is NC(=O)c1cccc(NC(C(=O)N2CCCCC2)c2ccccc2)c1. The lowest BCUT2D eigenvalue weighted by Crippen LogP contribution is -2.41. The Morgan fingerprint density at radius 2 is 1.68 bits per heavy atom. The van der Waals surface area contributed by atoms with Gasteiger partial charge in [-0.1, -0.05) is 36.4 Å². The summed E-state index contributed by atoms with van der Waals surface area (Å²) in [5.74, 6) is -0.419. The van der Waals surface area contributed by atoms with Gasteiger partial charge in [-0.2, -0.15) is 0 Å². The maximum Gasteiger partial charge on any atom is 0.249 e. The molecule has 5 heteroatoms. The molecule has 1 unspecified atom stereocenters. The summed E-state index contributed by atoms with van der Waals surface area (Å²) in [6, 6.07) is 16.1. The van der Waals surface area contributed by atoms with Gasteiger partial charge >= 0.3 is 0 Å². The van der Waals surface area contributed by atoms with Gasteiger partial charge in [-0.05, 0) is 43.0 Å². The maximum atomic E-state index is 13.1. The summed E-state index contributed by atoms with van der Waals surface area (Å²) in [4.78, 5) is 26.4. The van der Waals surface area contributed by atoms with Crippen LogP contribution in [-0.2, 0) is 4.79 Å². The molecule has 1 fully saturated rings. The van der Waals surface area contributed by atoms with E-state index in [9.17, 15) is 9.59 Å². The summed E-state index contributed by atoms with van der Waals surface area (Å²) in [6.07, 6.45) is 3.27. The summed E-state index contributed by atoms with van der Waals surface area (Å²) in [5.41, 5.74) is 7.39. The topological polar surface area (TPSA) is 75.4 Å². The highest BCUT2D eigenvalue weighted by molar-refractivity contribution is 5.94. The molecule has 1 atom stereocenters. The number of amides is 2. The molecule has 5 nitrogen and oxygen atoms in total. The van der Waals surface area contributed by atoms with Crippen LogP contribution in [0, 0.1) is 0 Å². The second-order valence-electron chi connectivity index (χ2n) is 6.32. The van der Waals surface area contributed by atoms with Crippen molar-refractivity contribution in [3.05, 3.63) is 65.7 Å². The Bertz CT molecular complexity index is 740. The van der Waals surface area contributed by atoms with Crippen molar-refractivity contribution in [1.29, 1.82) is 0 Å². The van der Waals surface area contributed by atoms with Crippen LogP contribution in [0.2, 0.25) is 0 Å². The third-order valence-electron chi connectivity index (χ3n) is 4.51. The molecule has 3 rings (SSSR count). The normalized spacial score (nSPS) is 15.4. The largest absolute Gasteiger partial charge is 0.370 e. The number of primary amides is 1. The lowest BCUT2D eigenvalue weighted by Gasteiger charge is -2.31. The molecule has 0 bridgehead atoms. The van der Waals surface area contributed by atoms with Crippen LogP contribution in [-0.4, -0.2) is 29.8 Å². The molecule has 0 spiro atoms. The lowest BCUT2D eigenvalue weighted by atomic mass is 10.0. The quantitative estimate of drug-likeness (QED) is 0.881. The van der Waals surface area contributed by atoms with Gasteiger partial charge in [-0.25, -0.2) is 0 Å². The minimum absolute atomic E-state index is 0.0652. The molecule has 3 N–H and O–H groups in total. The Morgan fingerprint density at radius 1 is 0.960 bits per heavy atom. The first-order valence-electron chi connectivity index (χ1n) is 8.65. The van der Waals surface area contributed by atoms with Crippen LogP contribution in [0.4, 0.5) is 5.69 Å². The van der Waals surface area contributed by atoms with E-state index < -0.39 is 11.9 Å². The van der Waals surface area contributed by atoms with Crippen LogP contribution in [0.3, 0.4) is 0 Å². The molecule has 2 amide bonds. The van der Waals surface area contributed by atoms with Gasteiger partial charge in [-0.3, -0.25) is 9.59 Å². The van der Waals surface area contributed by atoms with Crippen molar-refractivity contribution >= 4 is 17.5 Å². The molecule has 1 aliphatic rings. The zero-order valence-electron chi connectivity index (χ0n) is 14.2. The third kappa shape index (κ3) is 4.18. The number of anilines is 1. The van der Waals surface area contributed by atoms with E-state index in [-0.39, 0.29) is 5.91 Å². The number of nitrogens with one attached hydrogen (secondary N) is 1. The van der Waals surface area contributed by atoms with Crippen molar-refractivity contribution in [2.24, 2.45) is 5.73 Å². The first kappa shape index (κ1) is 17.0. The third-order valence-corrected chi connectivity index (χ3v) is 4.51. The number of nitrogens with zero attached hydrogens (tertiary/aromatic N) is 1. The summed E-state index contributed by atoms with van der Waals surface area (Å²) in [6.45, 7) is 1.59. The van der Waals surface area contributed by atoms with Gasteiger partial charge in [0.2, 0.25) is 11.8 Å². The molecule has 1 aliphatic heterocycles. The summed E-state index contributed by atoms with van der Waals surface area (Å²) in [5, 5.41) is 3.29. The van der Waals surface area contributed by atoms with Crippen LogP contribution in [0.25, 0.3) is 0 Å². The van der Waals surface area contributed by atoms with Gasteiger partial charge in [0, 0.05) is 24.3 Å². The Balaban J connectivity index is 1.87. The summed E-state index contributed by atoms with van der Waals surface area (Å²) < 4.78 is 0. The van der Waals surface area contributed by atoms with Crippen LogP contribution in [0.1, 0.15) is 41.2 Å². The van der Waals surface area contributed by atoms with Gasteiger partial charge in [0.1, 0.15) is 6.04 Å². The highest BCUT2D eigenvalue weighted by Crippen LogP contribution is 2.24. The fourth-order valence-corrected chi connectivity index (χ4v) is 3.16. The first-order valence-corrected chi connectivity index (χ1v) is 8.65. The highest BCUT2D eigenvalue weighted by atomic mass is 16.2.